The first-order chi connectivity index (χ1) is 11.5. The number of β-amino-alcohol motifs (C(OH)–C–C–N with tert-alkyl or cyclic N) is 1. The summed E-state index contributed by atoms with van der Waals surface area (Å²) >= 11 is 0. The minimum atomic E-state index is -0.487. The van der Waals surface area contributed by atoms with E-state index in [1.807, 2.05) is 0 Å². The third kappa shape index (κ3) is 6.22. The second-order valence-corrected chi connectivity index (χ2v) is 7.73. The van der Waals surface area contributed by atoms with Crippen molar-refractivity contribution in [1.82, 2.24) is 20.0 Å². The molecule has 1 aliphatic carbocycles. The topological polar surface area (TPSA) is 59.1 Å². The quantitative estimate of drug-likeness (QED) is 0.763. The molecule has 0 aromatic heterocycles. The number of hydrogen-bond donors (Lipinski definition) is 2. The first-order valence-electron chi connectivity index (χ1n) is 9.58. The number of piperazine rings is 1. The van der Waals surface area contributed by atoms with Gasteiger partial charge in [0.2, 0.25) is 0 Å². The number of likely N-dealkylation sites (N-methyl/N-ethyl adjacent to an activating group) is 2. The second kappa shape index (κ2) is 9.59. The predicted molar refractivity (Wildman–Crippen MR) is 97.1 cm³/mol. The molecule has 0 aromatic rings. The molecule has 0 bridgehead atoms. The van der Waals surface area contributed by atoms with Crippen LogP contribution >= 0.6 is 0 Å². The lowest BCUT2D eigenvalue weighted by Gasteiger charge is -2.34. The Kier molecular flexibility index (Phi) is 7.78. The lowest BCUT2D eigenvalue weighted by atomic mass is 9.84. The lowest BCUT2D eigenvalue weighted by Crippen LogP contribution is -2.51. The number of carbonyl (C=O) groups is 1. The third-order valence-electron chi connectivity index (χ3n) is 5.58. The Morgan fingerprint density at radius 1 is 1.29 bits per heavy atom. The summed E-state index contributed by atoms with van der Waals surface area (Å²) < 4.78 is 0. The maximum Gasteiger partial charge on any atom is 0.317 e. The van der Waals surface area contributed by atoms with E-state index < -0.39 is 6.10 Å². The predicted octanol–water partition coefficient (Wildman–Crippen LogP) is 1.20. The summed E-state index contributed by atoms with van der Waals surface area (Å²) in [4.78, 5) is 18.6. The minimum Gasteiger partial charge on any atom is -0.390 e. The van der Waals surface area contributed by atoms with Crippen molar-refractivity contribution in [2.45, 2.75) is 51.2 Å². The van der Waals surface area contributed by atoms with Crippen LogP contribution in [-0.4, -0.2) is 91.3 Å². The van der Waals surface area contributed by atoms with E-state index in [-0.39, 0.29) is 6.03 Å². The van der Waals surface area contributed by atoms with Gasteiger partial charge in [-0.25, -0.2) is 4.79 Å². The Morgan fingerprint density at radius 3 is 2.67 bits per heavy atom. The summed E-state index contributed by atoms with van der Waals surface area (Å²) in [6, 6.07) is 0.252. The van der Waals surface area contributed by atoms with Gasteiger partial charge in [0.05, 0.1) is 6.10 Å². The van der Waals surface area contributed by atoms with Gasteiger partial charge in [0.15, 0.2) is 0 Å². The summed E-state index contributed by atoms with van der Waals surface area (Å²) in [6.07, 6.45) is 5.40. The minimum absolute atomic E-state index is 0.0471. The average Bonchev–Trinajstić information content (AvgIpc) is 2.57. The summed E-state index contributed by atoms with van der Waals surface area (Å²) in [7, 11) is 3.91. The van der Waals surface area contributed by atoms with Gasteiger partial charge in [-0.05, 0) is 25.8 Å². The number of carbonyl (C=O) groups excluding carboxylic acids is 1. The molecule has 2 N–H and O–H groups in total. The summed E-state index contributed by atoms with van der Waals surface area (Å²) in [5.41, 5.74) is 0. The van der Waals surface area contributed by atoms with E-state index >= 15 is 0 Å². The van der Waals surface area contributed by atoms with Crippen LogP contribution in [0, 0.1) is 5.92 Å². The standard InChI is InChI=1S/C18H36N4O2/c1-4-15-6-5-7-16(12-15)19-18(24)21(3)13-17(23)14-22-10-8-20(2)9-11-22/h15-17,23H,4-14H2,1-3H3,(H,19,24)/t15-,16-,17+/m1/s1. The van der Waals surface area contributed by atoms with Gasteiger partial charge >= 0.3 is 6.03 Å². The number of hydrogen-bond acceptors (Lipinski definition) is 4. The number of aliphatic hydroxyl groups excluding tert-OH is 1. The maximum atomic E-state index is 12.4. The van der Waals surface area contributed by atoms with Gasteiger partial charge in [0.25, 0.3) is 0 Å². The van der Waals surface area contributed by atoms with Crippen molar-refractivity contribution in [1.29, 1.82) is 0 Å². The van der Waals surface area contributed by atoms with Crippen molar-refractivity contribution in [2.24, 2.45) is 5.92 Å². The smallest absolute Gasteiger partial charge is 0.317 e. The fourth-order valence-corrected chi connectivity index (χ4v) is 3.86. The third-order valence-corrected chi connectivity index (χ3v) is 5.58. The zero-order valence-corrected chi connectivity index (χ0v) is 15.7. The van der Waals surface area contributed by atoms with Crippen molar-refractivity contribution in [3.05, 3.63) is 0 Å². The molecular formula is C18H36N4O2. The number of rotatable bonds is 6. The van der Waals surface area contributed by atoms with Gasteiger partial charge in [-0.2, -0.15) is 0 Å². The Morgan fingerprint density at radius 2 is 2.00 bits per heavy atom. The highest BCUT2D eigenvalue weighted by molar-refractivity contribution is 5.74. The molecule has 2 fully saturated rings. The molecular weight excluding hydrogens is 304 g/mol. The molecule has 1 saturated carbocycles. The zero-order valence-electron chi connectivity index (χ0n) is 15.7. The van der Waals surface area contributed by atoms with E-state index in [2.05, 4.69) is 29.1 Å². The van der Waals surface area contributed by atoms with E-state index in [0.717, 1.165) is 44.9 Å². The van der Waals surface area contributed by atoms with Crippen LogP contribution < -0.4 is 5.32 Å². The van der Waals surface area contributed by atoms with E-state index in [0.29, 0.717) is 19.1 Å². The van der Waals surface area contributed by atoms with Crippen LogP contribution in [0.1, 0.15) is 39.0 Å². The van der Waals surface area contributed by atoms with Gasteiger partial charge in [-0.1, -0.05) is 26.2 Å². The number of urea groups is 1. The Hall–Kier alpha value is -0.850. The molecule has 1 aliphatic heterocycles. The van der Waals surface area contributed by atoms with E-state index in [1.54, 1.807) is 11.9 Å². The van der Waals surface area contributed by atoms with E-state index in [9.17, 15) is 9.90 Å². The Balaban J connectivity index is 1.68. The number of amides is 2. The molecule has 3 atom stereocenters. The van der Waals surface area contributed by atoms with Crippen LogP contribution in [0.15, 0.2) is 0 Å². The van der Waals surface area contributed by atoms with Crippen LogP contribution in [0.5, 0.6) is 0 Å². The average molecular weight is 341 g/mol. The van der Waals surface area contributed by atoms with E-state index in [4.69, 9.17) is 0 Å². The molecule has 2 aliphatic rings. The lowest BCUT2D eigenvalue weighted by molar-refractivity contribution is 0.0652. The molecule has 24 heavy (non-hydrogen) atoms. The van der Waals surface area contributed by atoms with Crippen LogP contribution in [0.25, 0.3) is 0 Å². The summed E-state index contributed by atoms with van der Waals surface area (Å²) in [5, 5.41) is 13.4. The first-order valence-corrected chi connectivity index (χ1v) is 9.58. The van der Waals surface area contributed by atoms with Crippen LogP contribution in [-0.2, 0) is 0 Å². The fraction of sp³-hybridized carbons (Fsp3) is 0.944. The molecule has 6 heteroatoms. The molecule has 2 rings (SSSR count). The van der Waals surface area contributed by atoms with Crippen LogP contribution in [0.4, 0.5) is 4.79 Å². The molecule has 1 heterocycles. The van der Waals surface area contributed by atoms with Crippen molar-refractivity contribution >= 4 is 6.03 Å². The zero-order chi connectivity index (χ0) is 17.5. The van der Waals surface area contributed by atoms with Crippen molar-refractivity contribution in [3.63, 3.8) is 0 Å². The summed E-state index contributed by atoms with van der Waals surface area (Å²) in [6.45, 7) is 7.34. The fourth-order valence-electron chi connectivity index (χ4n) is 3.86. The Labute approximate surface area is 147 Å². The molecule has 0 aromatic carbocycles. The highest BCUT2D eigenvalue weighted by atomic mass is 16.3. The van der Waals surface area contributed by atoms with Gasteiger partial charge in [-0.15, -0.1) is 0 Å². The molecule has 6 nitrogen and oxygen atoms in total. The normalized spacial score (nSPS) is 27.7. The Bertz CT molecular complexity index is 385. The monoisotopic (exact) mass is 340 g/mol. The van der Waals surface area contributed by atoms with Gasteiger partial charge in [0, 0.05) is 52.4 Å². The number of nitrogens with zero attached hydrogens (tertiary/aromatic N) is 3. The maximum absolute atomic E-state index is 12.4. The molecule has 1 saturated heterocycles. The highest BCUT2D eigenvalue weighted by Gasteiger charge is 2.24. The van der Waals surface area contributed by atoms with Gasteiger partial charge < -0.3 is 20.2 Å². The van der Waals surface area contributed by atoms with Crippen LogP contribution in [0.3, 0.4) is 0 Å². The largest absolute Gasteiger partial charge is 0.390 e. The van der Waals surface area contributed by atoms with Crippen molar-refractivity contribution in [3.8, 4) is 0 Å². The van der Waals surface area contributed by atoms with Crippen molar-refractivity contribution in [2.75, 3.05) is 53.4 Å². The molecule has 140 valence electrons. The molecule has 0 spiro atoms. The van der Waals surface area contributed by atoms with Crippen LogP contribution in [0.2, 0.25) is 0 Å². The van der Waals surface area contributed by atoms with Gasteiger partial charge in [0.1, 0.15) is 0 Å². The first kappa shape index (κ1) is 19.5. The summed E-state index contributed by atoms with van der Waals surface area (Å²) in [5.74, 6) is 0.747. The van der Waals surface area contributed by atoms with Gasteiger partial charge in [-0.3, -0.25) is 4.90 Å². The molecule has 0 radical (unpaired) electrons. The molecule has 2 amide bonds. The highest BCUT2D eigenvalue weighted by Crippen LogP contribution is 2.26. The number of nitrogens with one attached hydrogen (secondary N) is 1. The SMILES string of the molecule is CC[C@@H]1CCC[C@@H](NC(=O)N(C)C[C@H](O)CN2CCN(C)CC2)C1. The van der Waals surface area contributed by atoms with Crippen molar-refractivity contribution < 1.29 is 9.90 Å². The van der Waals surface area contributed by atoms with E-state index in [1.165, 1.54) is 19.3 Å². The second-order valence-electron chi connectivity index (χ2n) is 7.73. The number of aliphatic hydroxyl groups is 1. The molecule has 0 unspecified atom stereocenters.